The van der Waals surface area contributed by atoms with Crippen molar-refractivity contribution in [1.29, 1.82) is 0 Å². The summed E-state index contributed by atoms with van der Waals surface area (Å²) in [5.41, 5.74) is 1.79. The maximum absolute atomic E-state index is 12.7. The summed E-state index contributed by atoms with van der Waals surface area (Å²) in [7, 11) is 4.09. The lowest BCUT2D eigenvalue weighted by atomic mass is 10.0. The molecule has 0 amide bonds. The Morgan fingerprint density at radius 3 is 2.55 bits per heavy atom. The van der Waals surface area contributed by atoms with Crippen molar-refractivity contribution in [2.45, 2.75) is 6.04 Å². The summed E-state index contributed by atoms with van der Waals surface area (Å²) < 4.78 is 10.7. The number of halogens is 2. The Balaban J connectivity index is 1.81. The van der Waals surface area contributed by atoms with Gasteiger partial charge in [0.15, 0.2) is 11.9 Å². The fourth-order valence-electron chi connectivity index (χ4n) is 3.38. The van der Waals surface area contributed by atoms with Crippen molar-refractivity contribution < 1.29 is 23.9 Å². The summed E-state index contributed by atoms with van der Waals surface area (Å²) in [4.78, 5) is 35.6. The van der Waals surface area contributed by atoms with Gasteiger partial charge in [0.2, 0.25) is 0 Å². The zero-order chi connectivity index (χ0) is 23.7. The molecule has 1 atom stereocenters. The van der Waals surface area contributed by atoms with Crippen LogP contribution in [0.5, 0.6) is 0 Å². The molecule has 2 aliphatic heterocycles. The van der Waals surface area contributed by atoms with E-state index in [0.717, 1.165) is 10.0 Å². The van der Waals surface area contributed by atoms with Gasteiger partial charge >= 0.3 is 11.9 Å². The third-order valence-corrected chi connectivity index (χ3v) is 5.72. The Morgan fingerprint density at radius 1 is 1.18 bits per heavy atom. The molecule has 170 valence electrons. The molecular weight excluding hydrogens is 516 g/mol. The number of anilines is 1. The topological polar surface area (TPSA) is 93.0 Å². The Bertz CT molecular complexity index is 1210. The van der Waals surface area contributed by atoms with Crippen LogP contribution in [0.15, 0.2) is 68.4 Å². The smallest absolute Gasteiger partial charge is 0.377 e. The third-order valence-electron chi connectivity index (χ3n) is 4.95. The van der Waals surface area contributed by atoms with Gasteiger partial charge in [-0.3, -0.25) is 5.01 Å². The van der Waals surface area contributed by atoms with E-state index in [1.165, 1.54) is 24.3 Å². The fourth-order valence-corrected chi connectivity index (χ4v) is 3.81. The molecule has 2 heterocycles. The molecule has 2 aromatic carbocycles. The van der Waals surface area contributed by atoms with Crippen molar-refractivity contribution in [3.63, 3.8) is 0 Å². The number of hydrazone groups is 1. The number of esters is 2. The van der Waals surface area contributed by atoms with E-state index >= 15 is 0 Å². The number of fused-ring (bicyclic) bond motifs is 3. The van der Waals surface area contributed by atoms with Crippen LogP contribution < -0.4 is 5.06 Å². The fraction of sp³-hybridized carbons (Fsp3) is 0.182. The normalized spacial score (nSPS) is 16.7. The number of aliphatic imine (C=N–C) groups is 1. The summed E-state index contributed by atoms with van der Waals surface area (Å²) in [6.07, 6.45) is 1.65. The van der Waals surface area contributed by atoms with Gasteiger partial charge in [-0.15, -0.1) is 0 Å². The number of rotatable bonds is 4. The third kappa shape index (κ3) is 4.31. The summed E-state index contributed by atoms with van der Waals surface area (Å²) in [5, 5.41) is 7.79. The largest absolute Gasteiger partial charge is 0.465 e. The van der Waals surface area contributed by atoms with Gasteiger partial charge in [0, 0.05) is 16.5 Å². The first-order chi connectivity index (χ1) is 15.8. The zero-order valence-corrected chi connectivity index (χ0v) is 20.1. The first kappa shape index (κ1) is 22.8. The summed E-state index contributed by atoms with van der Waals surface area (Å²) in [6.45, 7) is 0. The number of nitrogens with zero attached hydrogens (tertiary/aromatic N) is 4. The van der Waals surface area contributed by atoms with Crippen molar-refractivity contribution in [1.82, 2.24) is 5.01 Å². The molecule has 2 aliphatic rings. The minimum absolute atomic E-state index is 0.0561. The highest BCUT2D eigenvalue weighted by molar-refractivity contribution is 9.10. The molecule has 11 heteroatoms. The minimum atomic E-state index is -0.926. The molecule has 9 nitrogen and oxygen atoms in total. The van der Waals surface area contributed by atoms with Gasteiger partial charge in [0.1, 0.15) is 11.3 Å². The standard InChI is InChI=1S/C22H18BrClN4O5/c1-27(25-11-12-4-6-13(23)7-5-12)20-18-17(21(29)31-2)19(22(30)32-3)33-28(18)16-10-14(24)8-9-15(16)26-20/h4-11,18H,1-3H3/b25-11+. The second-order valence-corrected chi connectivity index (χ2v) is 8.32. The number of methoxy groups -OCH3 is 2. The number of hydroxylamine groups is 1. The van der Waals surface area contributed by atoms with E-state index in [4.69, 9.17) is 25.9 Å². The Morgan fingerprint density at radius 2 is 1.88 bits per heavy atom. The van der Waals surface area contributed by atoms with Crippen LogP contribution in [-0.4, -0.2) is 56.3 Å². The first-order valence-corrected chi connectivity index (χ1v) is 10.8. The van der Waals surface area contributed by atoms with Gasteiger partial charge in [0.25, 0.3) is 5.76 Å². The van der Waals surface area contributed by atoms with Crippen molar-refractivity contribution in [3.05, 3.63) is 68.9 Å². The van der Waals surface area contributed by atoms with E-state index in [1.807, 2.05) is 24.3 Å². The van der Waals surface area contributed by atoms with Gasteiger partial charge in [-0.05, 0) is 35.9 Å². The molecule has 1 unspecified atom stereocenters. The van der Waals surface area contributed by atoms with E-state index in [1.54, 1.807) is 31.5 Å². The lowest BCUT2D eigenvalue weighted by Crippen LogP contribution is -2.47. The van der Waals surface area contributed by atoms with Crippen LogP contribution in [0.1, 0.15) is 5.56 Å². The molecule has 0 N–H and O–H groups in total. The van der Waals surface area contributed by atoms with Gasteiger partial charge in [-0.25, -0.2) is 14.6 Å². The van der Waals surface area contributed by atoms with Crippen molar-refractivity contribution in [3.8, 4) is 0 Å². The molecule has 0 spiro atoms. The lowest BCUT2D eigenvalue weighted by Gasteiger charge is -2.33. The molecule has 0 saturated heterocycles. The predicted molar refractivity (Wildman–Crippen MR) is 126 cm³/mol. The molecule has 4 rings (SSSR count). The quantitative estimate of drug-likeness (QED) is 0.335. The minimum Gasteiger partial charge on any atom is -0.465 e. The van der Waals surface area contributed by atoms with Gasteiger partial charge < -0.3 is 14.3 Å². The number of likely N-dealkylation sites (N-methyl/N-ethyl adjacent to an activating group) is 1. The maximum atomic E-state index is 12.7. The molecule has 0 aliphatic carbocycles. The molecule has 0 radical (unpaired) electrons. The van der Waals surface area contributed by atoms with Crippen LogP contribution in [0, 0.1) is 0 Å². The first-order valence-electron chi connectivity index (χ1n) is 9.63. The highest BCUT2D eigenvalue weighted by atomic mass is 79.9. The Kier molecular flexibility index (Phi) is 6.39. The number of hydrogen-bond acceptors (Lipinski definition) is 9. The highest BCUT2D eigenvalue weighted by Gasteiger charge is 2.49. The molecule has 0 aromatic heterocycles. The average molecular weight is 534 g/mol. The molecule has 33 heavy (non-hydrogen) atoms. The summed E-state index contributed by atoms with van der Waals surface area (Å²) in [6, 6.07) is 11.7. The number of ether oxygens (including phenoxy) is 2. The number of benzene rings is 2. The van der Waals surface area contributed by atoms with E-state index in [9.17, 15) is 9.59 Å². The predicted octanol–water partition coefficient (Wildman–Crippen LogP) is 3.83. The Labute approximate surface area is 203 Å². The SMILES string of the molecule is COC(=O)C1=C(C(=O)OC)C2C(N(C)/N=C/c3ccc(Br)cc3)=Nc3ccc(Cl)cc3N2O1. The highest BCUT2D eigenvalue weighted by Crippen LogP contribution is 2.43. The van der Waals surface area contributed by atoms with Crippen LogP contribution in [0.2, 0.25) is 5.02 Å². The lowest BCUT2D eigenvalue weighted by molar-refractivity contribution is -0.141. The number of amidine groups is 1. The molecular formula is C22H18BrClN4O5. The molecule has 0 saturated carbocycles. The molecule has 0 fully saturated rings. The molecule has 0 bridgehead atoms. The van der Waals surface area contributed by atoms with E-state index < -0.39 is 18.0 Å². The van der Waals surface area contributed by atoms with E-state index in [0.29, 0.717) is 22.2 Å². The van der Waals surface area contributed by atoms with Gasteiger partial charge in [-0.2, -0.15) is 10.2 Å². The molecule has 2 aromatic rings. The van der Waals surface area contributed by atoms with Crippen LogP contribution in [0.25, 0.3) is 0 Å². The maximum Gasteiger partial charge on any atom is 0.377 e. The second-order valence-electron chi connectivity index (χ2n) is 6.97. The van der Waals surface area contributed by atoms with Crippen LogP contribution in [0.3, 0.4) is 0 Å². The van der Waals surface area contributed by atoms with Crippen molar-refractivity contribution in [2.75, 3.05) is 26.3 Å². The monoisotopic (exact) mass is 532 g/mol. The number of carbonyl (C=O) groups excluding carboxylic acids is 2. The second kappa shape index (κ2) is 9.24. The summed E-state index contributed by atoms with van der Waals surface area (Å²) >= 11 is 9.58. The number of carbonyl (C=O) groups is 2. The van der Waals surface area contributed by atoms with E-state index in [-0.39, 0.29) is 11.3 Å². The van der Waals surface area contributed by atoms with Crippen LogP contribution in [-0.2, 0) is 23.9 Å². The van der Waals surface area contributed by atoms with Crippen molar-refractivity contribution >= 4 is 62.9 Å². The van der Waals surface area contributed by atoms with Crippen LogP contribution in [0.4, 0.5) is 11.4 Å². The summed E-state index contributed by atoms with van der Waals surface area (Å²) in [5.74, 6) is -1.54. The van der Waals surface area contributed by atoms with Crippen LogP contribution >= 0.6 is 27.5 Å². The van der Waals surface area contributed by atoms with Gasteiger partial charge in [-0.1, -0.05) is 39.7 Å². The van der Waals surface area contributed by atoms with Gasteiger partial charge in [0.05, 0.1) is 26.1 Å². The van der Waals surface area contributed by atoms with E-state index in [2.05, 4.69) is 26.0 Å². The zero-order valence-electron chi connectivity index (χ0n) is 17.8. The van der Waals surface area contributed by atoms with Crippen molar-refractivity contribution in [2.24, 2.45) is 10.1 Å². The average Bonchev–Trinajstić information content (AvgIpc) is 3.23. The number of hydrogen-bond donors (Lipinski definition) is 0. The Hall–Kier alpha value is -3.37.